The second-order valence-electron chi connectivity index (χ2n) is 3.10. The Bertz CT molecular complexity index is 390. The topological polar surface area (TPSA) is 35.2 Å². The number of hydrogen-bond donors (Lipinski definition) is 1. The lowest BCUT2D eigenvalue weighted by Gasteiger charge is -2.18. The van der Waals surface area contributed by atoms with Crippen LogP contribution in [-0.4, -0.2) is 12.3 Å². The Kier molecular flexibility index (Phi) is 3.25. The van der Waals surface area contributed by atoms with Crippen LogP contribution in [0.3, 0.4) is 0 Å². The number of hydrogen-bond acceptors (Lipinski definition) is 2. The van der Waals surface area contributed by atoms with Gasteiger partial charge >= 0.3 is 6.18 Å². The maximum Gasteiger partial charge on any atom is 0.425 e. The van der Waals surface area contributed by atoms with E-state index in [4.69, 9.17) is 5.73 Å². The molecule has 7 heteroatoms. The highest BCUT2D eigenvalue weighted by Gasteiger charge is 2.38. The summed E-state index contributed by atoms with van der Waals surface area (Å²) < 4.78 is 66.2. The standard InChI is InChI=1S/C9H8F5NO/c1-4(9(12,13)14)16-7-3-5(10)2-6(11)8(7)15/h2-4H,15H2,1H3. The molecule has 0 aliphatic heterocycles. The zero-order valence-electron chi connectivity index (χ0n) is 8.11. The van der Waals surface area contributed by atoms with Gasteiger partial charge in [-0.25, -0.2) is 8.78 Å². The fourth-order valence-corrected chi connectivity index (χ4v) is 0.916. The number of ether oxygens (including phenoxy) is 1. The molecule has 0 bridgehead atoms. The molecule has 0 spiro atoms. The number of halogens is 5. The molecule has 0 saturated heterocycles. The van der Waals surface area contributed by atoms with E-state index in [1.165, 1.54) is 0 Å². The van der Waals surface area contributed by atoms with E-state index >= 15 is 0 Å². The molecule has 0 aromatic heterocycles. The van der Waals surface area contributed by atoms with E-state index in [9.17, 15) is 22.0 Å². The van der Waals surface area contributed by atoms with Crippen LogP contribution in [0.25, 0.3) is 0 Å². The van der Waals surface area contributed by atoms with Gasteiger partial charge in [0.15, 0.2) is 11.9 Å². The van der Waals surface area contributed by atoms with E-state index in [0.29, 0.717) is 19.1 Å². The van der Waals surface area contributed by atoms with Crippen LogP contribution in [0, 0.1) is 11.6 Å². The first-order chi connectivity index (χ1) is 7.21. The summed E-state index contributed by atoms with van der Waals surface area (Å²) in [5.41, 5.74) is 4.45. The minimum absolute atomic E-state index is 0.459. The zero-order chi connectivity index (χ0) is 12.5. The third-order valence-corrected chi connectivity index (χ3v) is 1.82. The summed E-state index contributed by atoms with van der Waals surface area (Å²) in [5, 5.41) is 0. The van der Waals surface area contributed by atoms with E-state index in [1.54, 1.807) is 0 Å². The second-order valence-corrected chi connectivity index (χ2v) is 3.10. The zero-order valence-corrected chi connectivity index (χ0v) is 8.11. The average molecular weight is 241 g/mol. The molecule has 1 aromatic rings. The Morgan fingerprint density at radius 3 is 2.31 bits per heavy atom. The van der Waals surface area contributed by atoms with Crippen LogP contribution in [0.4, 0.5) is 27.6 Å². The van der Waals surface area contributed by atoms with E-state index < -0.39 is 35.4 Å². The van der Waals surface area contributed by atoms with Crippen molar-refractivity contribution in [2.24, 2.45) is 0 Å². The molecule has 2 nitrogen and oxygen atoms in total. The second kappa shape index (κ2) is 4.15. The summed E-state index contributed by atoms with van der Waals surface area (Å²) in [6, 6.07) is 1.06. The predicted molar refractivity (Wildman–Crippen MR) is 46.9 cm³/mol. The average Bonchev–Trinajstić information content (AvgIpc) is 2.11. The molecule has 90 valence electrons. The molecule has 2 N–H and O–H groups in total. The summed E-state index contributed by atoms with van der Waals surface area (Å²) in [6.45, 7) is 0.711. The molecular weight excluding hydrogens is 233 g/mol. The number of nitrogens with two attached hydrogens (primary N) is 1. The lowest BCUT2D eigenvalue weighted by Crippen LogP contribution is -2.31. The molecule has 0 aliphatic rings. The number of rotatable bonds is 2. The van der Waals surface area contributed by atoms with Gasteiger partial charge in [-0.1, -0.05) is 0 Å². The van der Waals surface area contributed by atoms with Crippen LogP contribution in [0.5, 0.6) is 5.75 Å². The number of anilines is 1. The van der Waals surface area contributed by atoms with Crippen LogP contribution in [-0.2, 0) is 0 Å². The molecule has 0 saturated carbocycles. The van der Waals surface area contributed by atoms with E-state index in [0.717, 1.165) is 0 Å². The van der Waals surface area contributed by atoms with Crippen LogP contribution < -0.4 is 10.5 Å². The lowest BCUT2D eigenvalue weighted by molar-refractivity contribution is -0.189. The first kappa shape index (κ1) is 12.5. The Labute approximate surface area is 87.8 Å². The van der Waals surface area contributed by atoms with Gasteiger partial charge in [-0.2, -0.15) is 13.2 Å². The van der Waals surface area contributed by atoms with Gasteiger partial charge in [0.2, 0.25) is 0 Å². The van der Waals surface area contributed by atoms with Gasteiger partial charge in [0.1, 0.15) is 17.3 Å². The molecule has 0 amide bonds. The quantitative estimate of drug-likeness (QED) is 0.638. The van der Waals surface area contributed by atoms with Crippen molar-refractivity contribution in [1.82, 2.24) is 0 Å². The predicted octanol–water partition coefficient (Wildman–Crippen LogP) is 2.88. The lowest BCUT2D eigenvalue weighted by atomic mass is 10.2. The number of alkyl halides is 3. The summed E-state index contributed by atoms with van der Waals surface area (Å²) >= 11 is 0. The molecule has 1 atom stereocenters. The van der Waals surface area contributed by atoms with Gasteiger partial charge in [0, 0.05) is 12.1 Å². The maximum absolute atomic E-state index is 12.9. The van der Waals surface area contributed by atoms with Crippen LogP contribution in [0.1, 0.15) is 6.92 Å². The molecule has 1 unspecified atom stereocenters. The van der Waals surface area contributed by atoms with E-state index in [1.807, 2.05) is 0 Å². The fraction of sp³-hybridized carbons (Fsp3) is 0.333. The molecule has 1 rings (SSSR count). The SMILES string of the molecule is CC(Oc1cc(F)cc(F)c1N)C(F)(F)F. The highest BCUT2D eigenvalue weighted by molar-refractivity contribution is 5.53. The third-order valence-electron chi connectivity index (χ3n) is 1.82. The molecule has 0 fully saturated rings. The van der Waals surface area contributed by atoms with Gasteiger partial charge in [-0.05, 0) is 6.92 Å². The molecule has 1 aromatic carbocycles. The fourth-order valence-electron chi connectivity index (χ4n) is 0.916. The van der Waals surface area contributed by atoms with Gasteiger partial charge in [-0.3, -0.25) is 0 Å². The number of nitrogen functional groups attached to an aromatic ring is 1. The van der Waals surface area contributed by atoms with Crippen molar-refractivity contribution in [2.45, 2.75) is 19.2 Å². The normalized spacial score (nSPS) is 13.6. The van der Waals surface area contributed by atoms with Crippen molar-refractivity contribution in [3.8, 4) is 5.75 Å². The minimum atomic E-state index is -4.63. The molecular formula is C9H8F5NO. The molecule has 0 heterocycles. The monoisotopic (exact) mass is 241 g/mol. The highest BCUT2D eigenvalue weighted by Crippen LogP contribution is 2.30. The highest BCUT2D eigenvalue weighted by atomic mass is 19.4. The van der Waals surface area contributed by atoms with Crippen molar-refractivity contribution < 1.29 is 26.7 Å². The van der Waals surface area contributed by atoms with Crippen molar-refractivity contribution in [3.05, 3.63) is 23.8 Å². The van der Waals surface area contributed by atoms with Crippen molar-refractivity contribution in [1.29, 1.82) is 0 Å². The summed E-state index contributed by atoms with van der Waals surface area (Å²) in [4.78, 5) is 0. The Hall–Kier alpha value is -1.53. The van der Waals surface area contributed by atoms with E-state index in [2.05, 4.69) is 4.74 Å². The van der Waals surface area contributed by atoms with E-state index in [-0.39, 0.29) is 0 Å². The Morgan fingerprint density at radius 2 is 1.81 bits per heavy atom. The largest absolute Gasteiger partial charge is 0.479 e. The third kappa shape index (κ3) is 2.74. The van der Waals surface area contributed by atoms with Crippen molar-refractivity contribution in [2.75, 3.05) is 5.73 Å². The van der Waals surface area contributed by atoms with Crippen molar-refractivity contribution >= 4 is 5.69 Å². The summed E-state index contributed by atoms with van der Waals surface area (Å²) in [7, 11) is 0. The molecule has 0 radical (unpaired) electrons. The van der Waals surface area contributed by atoms with Crippen LogP contribution >= 0.6 is 0 Å². The summed E-state index contributed by atoms with van der Waals surface area (Å²) in [6.07, 6.45) is -6.83. The van der Waals surface area contributed by atoms with Gasteiger partial charge < -0.3 is 10.5 Å². The van der Waals surface area contributed by atoms with Crippen molar-refractivity contribution in [3.63, 3.8) is 0 Å². The Morgan fingerprint density at radius 1 is 1.25 bits per heavy atom. The molecule has 0 aliphatic carbocycles. The number of benzene rings is 1. The Balaban J connectivity index is 2.98. The van der Waals surface area contributed by atoms with Gasteiger partial charge in [-0.15, -0.1) is 0 Å². The maximum atomic E-state index is 12.9. The van der Waals surface area contributed by atoms with Crippen LogP contribution in [0.2, 0.25) is 0 Å². The molecule has 16 heavy (non-hydrogen) atoms. The van der Waals surface area contributed by atoms with Gasteiger partial charge in [0.25, 0.3) is 0 Å². The smallest absolute Gasteiger partial charge is 0.425 e. The first-order valence-electron chi connectivity index (χ1n) is 4.19. The summed E-state index contributed by atoms with van der Waals surface area (Å²) in [5.74, 6) is -2.89. The van der Waals surface area contributed by atoms with Gasteiger partial charge in [0.05, 0.1) is 0 Å². The first-order valence-corrected chi connectivity index (χ1v) is 4.19. The minimum Gasteiger partial charge on any atom is -0.479 e. The van der Waals surface area contributed by atoms with Crippen LogP contribution in [0.15, 0.2) is 12.1 Å².